The Bertz CT molecular complexity index is 969. The van der Waals surface area contributed by atoms with Crippen LogP contribution < -0.4 is 4.90 Å². The van der Waals surface area contributed by atoms with E-state index < -0.39 is 0 Å². The van der Waals surface area contributed by atoms with Crippen LogP contribution in [-0.2, 0) is 13.2 Å². The fourth-order valence-corrected chi connectivity index (χ4v) is 3.86. The summed E-state index contributed by atoms with van der Waals surface area (Å²) in [5.41, 5.74) is 2.36. The Morgan fingerprint density at radius 1 is 0.929 bits per heavy atom. The van der Waals surface area contributed by atoms with E-state index in [1.54, 1.807) is 0 Å². The molecule has 0 N–H and O–H groups in total. The molecule has 28 heavy (non-hydrogen) atoms. The number of rotatable bonds is 6. The van der Waals surface area contributed by atoms with Gasteiger partial charge in [0, 0.05) is 44.0 Å². The minimum Gasteiger partial charge on any atom is -0.369 e. The van der Waals surface area contributed by atoms with Gasteiger partial charge in [0.1, 0.15) is 0 Å². The summed E-state index contributed by atoms with van der Waals surface area (Å²) >= 11 is 5.73. The Morgan fingerprint density at radius 3 is 2.21 bits per heavy atom. The lowest BCUT2D eigenvalue weighted by atomic mass is 10.2. The van der Waals surface area contributed by atoms with Crippen LogP contribution in [0.5, 0.6) is 0 Å². The lowest BCUT2D eigenvalue weighted by Gasteiger charge is -2.35. The monoisotopic (exact) mass is 391 g/mol. The summed E-state index contributed by atoms with van der Waals surface area (Å²) in [6.45, 7) is 9.25. The van der Waals surface area contributed by atoms with Gasteiger partial charge < -0.3 is 4.90 Å². The highest BCUT2D eigenvalue weighted by Gasteiger charge is 2.19. The topological polar surface area (TPSA) is 29.2 Å². The minimum atomic E-state index is 0.658. The van der Waals surface area contributed by atoms with Crippen LogP contribution in [-0.4, -0.2) is 45.4 Å². The molecule has 0 bridgehead atoms. The van der Waals surface area contributed by atoms with Gasteiger partial charge in [-0.25, -0.2) is 4.68 Å². The van der Waals surface area contributed by atoms with Crippen LogP contribution in [0.4, 0.5) is 5.69 Å². The van der Waals surface area contributed by atoms with Crippen LogP contribution in [0.3, 0.4) is 0 Å². The van der Waals surface area contributed by atoms with Gasteiger partial charge in [-0.2, -0.15) is 5.10 Å². The van der Waals surface area contributed by atoms with Gasteiger partial charge in [-0.05, 0) is 24.4 Å². The van der Waals surface area contributed by atoms with Crippen molar-refractivity contribution in [3.8, 4) is 11.4 Å². The summed E-state index contributed by atoms with van der Waals surface area (Å²) in [7, 11) is 0. The van der Waals surface area contributed by atoms with E-state index in [4.69, 9.17) is 17.3 Å². The molecule has 0 unspecified atom stereocenters. The van der Waals surface area contributed by atoms with Gasteiger partial charge >= 0.3 is 0 Å². The highest BCUT2D eigenvalue weighted by Crippen LogP contribution is 2.19. The zero-order chi connectivity index (χ0) is 19.3. The van der Waals surface area contributed by atoms with Crippen LogP contribution in [0.15, 0.2) is 73.3 Å². The minimum absolute atomic E-state index is 0.658. The maximum atomic E-state index is 5.73. The molecule has 3 aromatic rings. The van der Waals surface area contributed by atoms with Gasteiger partial charge in [0.2, 0.25) is 0 Å². The summed E-state index contributed by atoms with van der Waals surface area (Å²) in [6.07, 6.45) is 1.87. The number of anilines is 1. The number of benzene rings is 2. The van der Waals surface area contributed by atoms with E-state index in [0.717, 1.165) is 42.3 Å². The first-order chi connectivity index (χ1) is 13.8. The van der Waals surface area contributed by atoms with Crippen molar-refractivity contribution >= 4 is 17.9 Å². The highest BCUT2D eigenvalue weighted by molar-refractivity contribution is 7.71. The molecule has 0 spiro atoms. The predicted molar refractivity (Wildman–Crippen MR) is 117 cm³/mol. The van der Waals surface area contributed by atoms with Gasteiger partial charge in [-0.3, -0.25) is 9.47 Å². The zero-order valence-corrected chi connectivity index (χ0v) is 16.8. The third-order valence-electron chi connectivity index (χ3n) is 5.09. The van der Waals surface area contributed by atoms with Crippen molar-refractivity contribution in [1.29, 1.82) is 0 Å². The summed E-state index contributed by atoms with van der Waals surface area (Å²) in [4.78, 5) is 4.84. The quantitative estimate of drug-likeness (QED) is 0.468. The van der Waals surface area contributed by atoms with E-state index in [2.05, 4.69) is 63.4 Å². The molecule has 0 radical (unpaired) electrons. The maximum Gasteiger partial charge on any atom is 0.199 e. The van der Waals surface area contributed by atoms with Crippen LogP contribution >= 0.6 is 12.2 Å². The normalized spacial score (nSPS) is 14.9. The molecule has 1 saturated heterocycles. The Morgan fingerprint density at radius 2 is 1.57 bits per heavy atom. The molecule has 1 aromatic heterocycles. The summed E-state index contributed by atoms with van der Waals surface area (Å²) in [5, 5.41) is 4.84. The zero-order valence-electron chi connectivity index (χ0n) is 15.9. The first-order valence-corrected chi connectivity index (χ1v) is 10.0. The predicted octanol–water partition coefficient (Wildman–Crippen LogP) is 4.05. The Labute approximate surface area is 171 Å². The maximum absolute atomic E-state index is 5.73. The van der Waals surface area contributed by atoms with Crippen molar-refractivity contribution in [3.63, 3.8) is 0 Å². The van der Waals surface area contributed by atoms with Crippen molar-refractivity contribution in [2.75, 3.05) is 31.1 Å². The van der Waals surface area contributed by atoms with Crippen molar-refractivity contribution in [3.05, 3.63) is 78.1 Å². The molecule has 1 fully saturated rings. The van der Waals surface area contributed by atoms with Crippen LogP contribution in [0.1, 0.15) is 0 Å². The molecule has 0 atom stereocenters. The van der Waals surface area contributed by atoms with Crippen molar-refractivity contribution in [2.45, 2.75) is 13.2 Å². The van der Waals surface area contributed by atoms with E-state index in [1.165, 1.54) is 5.69 Å². The van der Waals surface area contributed by atoms with E-state index in [1.807, 2.05) is 29.0 Å². The van der Waals surface area contributed by atoms with E-state index >= 15 is 0 Å². The molecule has 0 amide bonds. The SMILES string of the molecule is C=CCn1c(-c2ccccc2)nn(CN2CCN(c3ccccc3)CC2)c1=S. The van der Waals surface area contributed by atoms with Gasteiger partial charge in [-0.1, -0.05) is 54.6 Å². The van der Waals surface area contributed by atoms with Crippen LogP contribution in [0.2, 0.25) is 0 Å². The molecule has 4 rings (SSSR count). The number of hydrogen-bond acceptors (Lipinski definition) is 4. The fraction of sp³-hybridized carbons (Fsp3) is 0.273. The number of aromatic nitrogens is 3. The molecular formula is C22H25N5S. The van der Waals surface area contributed by atoms with Crippen molar-refractivity contribution in [2.24, 2.45) is 0 Å². The lowest BCUT2D eigenvalue weighted by molar-refractivity contribution is 0.194. The van der Waals surface area contributed by atoms with Crippen molar-refractivity contribution in [1.82, 2.24) is 19.2 Å². The second-order valence-corrected chi connectivity index (χ2v) is 7.32. The Balaban J connectivity index is 1.50. The lowest BCUT2D eigenvalue weighted by Crippen LogP contribution is -2.47. The Kier molecular flexibility index (Phi) is 5.69. The average molecular weight is 392 g/mol. The summed E-state index contributed by atoms with van der Waals surface area (Å²) in [5.74, 6) is 0.897. The second-order valence-electron chi connectivity index (χ2n) is 6.95. The van der Waals surface area contributed by atoms with E-state index in [-0.39, 0.29) is 0 Å². The molecule has 2 heterocycles. The van der Waals surface area contributed by atoms with Crippen LogP contribution in [0.25, 0.3) is 11.4 Å². The molecule has 0 saturated carbocycles. The van der Waals surface area contributed by atoms with E-state index in [0.29, 0.717) is 13.2 Å². The molecule has 5 nitrogen and oxygen atoms in total. The highest BCUT2D eigenvalue weighted by atomic mass is 32.1. The van der Waals surface area contributed by atoms with Gasteiger partial charge in [0.15, 0.2) is 10.6 Å². The third-order valence-corrected chi connectivity index (χ3v) is 5.53. The molecule has 1 aliphatic heterocycles. The first-order valence-electron chi connectivity index (χ1n) is 9.62. The third kappa shape index (κ3) is 3.93. The number of piperazine rings is 1. The molecule has 6 heteroatoms. The smallest absolute Gasteiger partial charge is 0.199 e. The second kappa shape index (κ2) is 8.54. The van der Waals surface area contributed by atoms with Gasteiger partial charge in [0.25, 0.3) is 0 Å². The Hall–Kier alpha value is -2.70. The number of para-hydroxylation sites is 1. The van der Waals surface area contributed by atoms with Gasteiger partial charge in [-0.15, -0.1) is 6.58 Å². The number of hydrogen-bond donors (Lipinski definition) is 0. The van der Waals surface area contributed by atoms with Gasteiger partial charge in [0.05, 0.1) is 6.67 Å². The summed E-state index contributed by atoms with van der Waals surface area (Å²) < 4.78 is 4.74. The largest absolute Gasteiger partial charge is 0.369 e. The summed E-state index contributed by atoms with van der Waals surface area (Å²) in [6, 6.07) is 20.8. The molecule has 1 aliphatic rings. The molecule has 2 aromatic carbocycles. The van der Waals surface area contributed by atoms with E-state index in [9.17, 15) is 0 Å². The first kappa shape index (κ1) is 18.7. The number of allylic oxidation sites excluding steroid dienone is 1. The van der Waals surface area contributed by atoms with Crippen molar-refractivity contribution < 1.29 is 0 Å². The molecule has 144 valence electrons. The molecular weight excluding hydrogens is 366 g/mol. The number of nitrogens with zero attached hydrogens (tertiary/aromatic N) is 5. The van der Waals surface area contributed by atoms with Crippen LogP contribution in [0, 0.1) is 4.77 Å². The molecule has 0 aliphatic carbocycles. The standard InChI is InChI=1S/C22H25N5S/c1-2-13-26-21(19-9-5-3-6-10-19)23-27(22(26)28)18-24-14-16-25(17-15-24)20-11-7-4-8-12-20/h2-12H,1,13-18H2. The fourth-order valence-electron chi connectivity index (χ4n) is 3.60. The average Bonchev–Trinajstić information content (AvgIpc) is 3.06.